The van der Waals surface area contributed by atoms with Crippen molar-refractivity contribution in [3.05, 3.63) is 35.9 Å². The smallest absolute Gasteiger partial charge is 0.155 e. The largest absolute Gasteiger partial charge is 0.381 e. The van der Waals surface area contributed by atoms with E-state index in [9.17, 15) is 4.79 Å². The van der Waals surface area contributed by atoms with Crippen LogP contribution < -0.4 is 5.73 Å². The number of hydrogen-bond donors (Lipinski definition) is 1. The second kappa shape index (κ2) is 5.94. The van der Waals surface area contributed by atoms with Gasteiger partial charge in [0.05, 0.1) is 12.6 Å². The van der Waals surface area contributed by atoms with E-state index < -0.39 is 6.04 Å². The van der Waals surface area contributed by atoms with Gasteiger partial charge in [-0.2, -0.15) is 0 Å². The van der Waals surface area contributed by atoms with E-state index in [4.69, 9.17) is 10.5 Å². The predicted octanol–water partition coefficient (Wildman–Crippen LogP) is 1.55. The van der Waals surface area contributed by atoms with Crippen LogP contribution in [0, 0.1) is 5.92 Å². The Kier molecular flexibility index (Phi) is 4.29. The lowest BCUT2D eigenvalue weighted by Crippen LogP contribution is -2.40. The maximum atomic E-state index is 12.1. The van der Waals surface area contributed by atoms with Crippen LogP contribution in [0.1, 0.15) is 18.4 Å². The molecule has 0 spiro atoms. The number of nitrogens with two attached hydrogens (primary N) is 1. The molecule has 3 heteroatoms. The molecule has 0 aliphatic carbocycles. The SMILES string of the molecule is NC(Cc1ccccc1)C(=O)C1CCCOC1. The van der Waals surface area contributed by atoms with Gasteiger partial charge in [0.1, 0.15) is 0 Å². The topological polar surface area (TPSA) is 52.3 Å². The first kappa shape index (κ1) is 12.3. The summed E-state index contributed by atoms with van der Waals surface area (Å²) in [6, 6.07) is 9.51. The summed E-state index contributed by atoms with van der Waals surface area (Å²) in [5, 5.41) is 0. The molecule has 1 aromatic rings. The molecule has 1 aliphatic rings. The summed E-state index contributed by atoms with van der Waals surface area (Å²) in [6.07, 6.45) is 2.51. The first-order valence-corrected chi connectivity index (χ1v) is 6.18. The van der Waals surface area contributed by atoms with Gasteiger partial charge in [0, 0.05) is 12.5 Å². The van der Waals surface area contributed by atoms with Crippen LogP contribution in [0.5, 0.6) is 0 Å². The Labute approximate surface area is 102 Å². The van der Waals surface area contributed by atoms with Gasteiger partial charge in [0.25, 0.3) is 0 Å². The van der Waals surface area contributed by atoms with Gasteiger partial charge in [0.15, 0.2) is 5.78 Å². The summed E-state index contributed by atoms with van der Waals surface area (Å²) in [6.45, 7) is 1.32. The van der Waals surface area contributed by atoms with Crippen molar-refractivity contribution in [2.45, 2.75) is 25.3 Å². The van der Waals surface area contributed by atoms with Gasteiger partial charge in [-0.3, -0.25) is 4.79 Å². The lowest BCUT2D eigenvalue weighted by molar-refractivity contribution is -0.128. The summed E-state index contributed by atoms with van der Waals surface area (Å²) in [7, 11) is 0. The maximum Gasteiger partial charge on any atom is 0.155 e. The fraction of sp³-hybridized carbons (Fsp3) is 0.500. The van der Waals surface area contributed by atoms with E-state index in [2.05, 4.69) is 0 Å². The van der Waals surface area contributed by atoms with Crippen molar-refractivity contribution in [3.8, 4) is 0 Å². The van der Waals surface area contributed by atoms with Crippen LogP contribution in [0.2, 0.25) is 0 Å². The van der Waals surface area contributed by atoms with Crippen LogP contribution in [0.4, 0.5) is 0 Å². The minimum absolute atomic E-state index is 0.00228. The Bertz CT molecular complexity index is 358. The fourth-order valence-corrected chi connectivity index (χ4v) is 2.24. The van der Waals surface area contributed by atoms with E-state index in [-0.39, 0.29) is 11.7 Å². The molecule has 2 atom stereocenters. The van der Waals surface area contributed by atoms with Gasteiger partial charge in [-0.15, -0.1) is 0 Å². The molecule has 1 fully saturated rings. The van der Waals surface area contributed by atoms with Crippen molar-refractivity contribution in [1.29, 1.82) is 0 Å². The summed E-state index contributed by atoms with van der Waals surface area (Å²) in [5.74, 6) is 0.149. The van der Waals surface area contributed by atoms with Crippen LogP contribution in [0.25, 0.3) is 0 Å². The van der Waals surface area contributed by atoms with Crippen molar-refractivity contribution in [1.82, 2.24) is 0 Å². The van der Waals surface area contributed by atoms with Crippen molar-refractivity contribution in [2.75, 3.05) is 13.2 Å². The van der Waals surface area contributed by atoms with E-state index in [1.807, 2.05) is 30.3 Å². The highest BCUT2D eigenvalue weighted by Gasteiger charge is 2.26. The fourth-order valence-electron chi connectivity index (χ4n) is 2.24. The third-order valence-electron chi connectivity index (χ3n) is 3.23. The monoisotopic (exact) mass is 233 g/mol. The predicted molar refractivity (Wildman–Crippen MR) is 66.7 cm³/mol. The van der Waals surface area contributed by atoms with Crippen molar-refractivity contribution >= 4 is 5.78 Å². The summed E-state index contributed by atoms with van der Waals surface area (Å²) >= 11 is 0. The molecule has 3 nitrogen and oxygen atoms in total. The highest BCUT2D eigenvalue weighted by Crippen LogP contribution is 2.16. The molecule has 17 heavy (non-hydrogen) atoms. The van der Waals surface area contributed by atoms with Gasteiger partial charge >= 0.3 is 0 Å². The third-order valence-corrected chi connectivity index (χ3v) is 3.23. The van der Waals surface area contributed by atoms with E-state index in [0.717, 1.165) is 25.0 Å². The van der Waals surface area contributed by atoms with Gasteiger partial charge < -0.3 is 10.5 Å². The molecule has 92 valence electrons. The Morgan fingerprint density at radius 3 is 2.82 bits per heavy atom. The van der Waals surface area contributed by atoms with E-state index >= 15 is 0 Å². The number of rotatable bonds is 4. The highest BCUT2D eigenvalue weighted by molar-refractivity contribution is 5.86. The van der Waals surface area contributed by atoms with Gasteiger partial charge in [-0.05, 0) is 24.8 Å². The lowest BCUT2D eigenvalue weighted by Gasteiger charge is -2.23. The van der Waals surface area contributed by atoms with E-state index in [0.29, 0.717) is 13.0 Å². The van der Waals surface area contributed by atoms with E-state index in [1.54, 1.807) is 0 Å². The zero-order chi connectivity index (χ0) is 12.1. The number of hydrogen-bond acceptors (Lipinski definition) is 3. The average molecular weight is 233 g/mol. The number of carbonyl (C=O) groups is 1. The van der Waals surface area contributed by atoms with Crippen molar-refractivity contribution in [3.63, 3.8) is 0 Å². The molecule has 1 aliphatic heterocycles. The Morgan fingerprint density at radius 1 is 1.41 bits per heavy atom. The molecule has 0 aromatic heterocycles. The first-order valence-electron chi connectivity index (χ1n) is 6.18. The first-order chi connectivity index (χ1) is 8.27. The van der Waals surface area contributed by atoms with Gasteiger partial charge in [0.2, 0.25) is 0 Å². The van der Waals surface area contributed by atoms with Crippen molar-refractivity contribution in [2.24, 2.45) is 11.7 Å². The molecule has 1 saturated heterocycles. The number of ether oxygens (including phenoxy) is 1. The molecular weight excluding hydrogens is 214 g/mol. The summed E-state index contributed by atoms with van der Waals surface area (Å²) in [4.78, 5) is 12.1. The molecule has 2 N–H and O–H groups in total. The molecule has 0 amide bonds. The Hall–Kier alpha value is -1.19. The average Bonchev–Trinajstić information content (AvgIpc) is 2.40. The van der Waals surface area contributed by atoms with Crippen LogP contribution in [-0.2, 0) is 16.0 Å². The number of ketones is 1. The molecule has 0 bridgehead atoms. The maximum absolute atomic E-state index is 12.1. The van der Waals surface area contributed by atoms with Crippen LogP contribution in [0.15, 0.2) is 30.3 Å². The minimum Gasteiger partial charge on any atom is -0.381 e. The zero-order valence-corrected chi connectivity index (χ0v) is 9.97. The second-order valence-electron chi connectivity index (χ2n) is 4.61. The quantitative estimate of drug-likeness (QED) is 0.858. The molecule has 1 heterocycles. The summed E-state index contributed by atoms with van der Waals surface area (Å²) < 4.78 is 5.33. The standard InChI is InChI=1S/C14H19NO2/c15-13(9-11-5-2-1-3-6-11)14(16)12-7-4-8-17-10-12/h1-3,5-6,12-13H,4,7-10,15H2. The lowest BCUT2D eigenvalue weighted by atomic mass is 9.90. The number of benzene rings is 1. The van der Waals surface area contributed by atoms with Crippen LogP contribution in [0.3, 0.4) is 0 Å². The van der Waals surface area contributed by atoms with Gasteiger partial charge in [-0.1, -0.05) is 30.3 Å². The molecule has 0 radical (unpaired) electrons. The van der Waals surface area contributed by atoms with Crippen LogP contribution >= 0.6 is 0 Å². The highest BCUT2D eigenvalue weighted by atomic mass is 16.5. The van der Waals surface area contributed by atoms with Crippen LogP contribution in [-0.4, -0.2) is 25.0 Å². The summed E-state index contributed by atoms with van der Waals surface area (Å²) in [5.41, 5.74) is 7.09. The Morgan fingerprint density at radius 2 is 2.18 bits per heavy atom. The van der Waals surface area contributed by atoms with Gasteiger partial charge in [-0.25, -0.2) is 0 Å². The molecule has 2 rings (SSSR count). The molecule has 0 saturated carbocycles. The Balaban J connectivity index is 1.90. The van der Waals surface area contributed by atoms with Crippen molar-refractivity contribution < 1.29 is 9.53 Å². The van der Waals surface area contributed by atoms with E-state index in [1.165, 1.54) is 0 Å². The normalized spacial score (nSPS) is 22.1. The molecule has 2 unspecified atom stereocenters. The minimum atomic E-state index is -0.399. The molecular formula is C14H19NO2. The third kappa shape index (κ3) is 3.38. The molecule has 1 aromatic carbocycles. The number of carbonyl (C=O) groups excluding carboxylic acids is 1. The second-order valence-corrected chi connectivity index (χ2v) is 4.61. The number of Topliss-reactive ketones (excluding diaryl/α,β-unsaturated/α-hetero) is 1. The zero-order valence-electron chi connectivity index (χ0n) is 9.97.